The summed E-state index contributed by atoms with van der Waals surface area (Å²) in [5.41, 5.74) is 2.03. The van der Waals surface area contributed by atoms with E-state index in [9.17, 15) is 10.1 Å². The number of aromatic nitrogens is 2. The number of hydrogen-bond donors (Lipinski definition) is 0. The first kappa shape index (κ1) is 12.2. The maximum Gasteiger partial charge on any atom is 0.293 e. The van der Waals surface area contributed by atoms with Crippen LogP contribution in [0.25, 0.3) is 16.7 Å². The predicted molar refractivity (Wildman–Crippen MR) is 74.3 cm³/mol. The van der Waals surface area contributed by atoms with Gasteiger partial charge in [0.25, 0.3) is 5.69 Å². The van der Waals surface area contributed by atoms with Crippen molar-refractivity contribution in [3.8, 4) is 11.4 Å². The van der Waals surface area contributed by atoms with Gasteiger partial charge in [-0.2, -0.15) is 0 Å². The maximum atomic E-state index is 11.2. The first-order valence-electron chi connectivity index (χ1n) is 5.95. The number of hydrogen-bond acceptors (Lipinski definition) is 4. The van der Waals surface area contributed by atoms with Crippen molar-refractivity contribution < 1.29 is 9.66 Å². The van der Waals surface area contributed by atoms with Crippen molar-refractivity contribution in [1.29, 1.82) is 0 Å². The number of nitro groups is 1. The van der Waals surface area contributed by atoms with Crippen molar-refractivity contribution in [2.45, 2.75) is 0 Å². The molecule has 0 fully saturated rings. The van der Waals surface area contributed by atoms with E-state index in [0.29, 0.717) is 11.4 Å². The topological polar surface area (TPSA) is 70.2 Å². The number of ether oxygens (including phenoxy) is 1. The Morgan fingerprint density at radius 1 is 1.25 bits per heavy atom. The monoisotopic (exact) mass is 269 g/mol. The number of imidazole rings is 1. The van der Waals surface area contributed by atoms with Crippen molar-refractivity contribution in [1.82, 2.24) is 9.55 Å². The molecule has 0 saturated heterocycles. The first-order chi connectivity index (χ1) is 9.70. The molecular weight excluding hydrogens is 258 g/mol. The Hall–Kier alpha value is -2.89. The highest BCUT2D eigenvalue weighted by atomic mass is 16.6. The Morgan fingerprint density at radius 3 is 2.80 bits per heavy atom. The number of nitrogens with zero attached hydrogens (tertiary/aromatic N) is 3. The van der Waals surface area contributed by atoms with Gasteiger partial charge in [0.1, 0.15) is 17.8 Å². The molecule has 6 heteroatoms. The van der Waals surface area contributed by atoms with E-state index in [1.54, 1.807) is 23.0 Å². The minimum atomic E-state index is -0.413. The van der Waals surface area contributed by atoms with Crippen LogP contribution in [-0.4, -0.2) is 21.6 Å². The Kier molecular flexibility index (Phi) is 2.83. The summed E-state index contributed by atoms with van der Waals surface area (Å²) in [4.78, 5) is 15.0. The van der Waals surface area contributed by atoms with E-state index >= 15 is 0 Å². The fourth-order valence-corrected chi connectivity index (χ4v) is 2.13. The van der Waals surface area contributed by atoms with Gasteiger partial charge in [0.2, 0.25) is 0 Å². The molecule has 0 aliphatic heterocycles. The highest BCUT2D eigenvalue weighted by molar-refractivity contribution is 5.78. The summed E-state index contributed by atoms with van der Waals surface area (Å²) in [5.74, 6) is 0.559. The standard InChI is InChI=1S/C14H11N3O3/c1-20-10-6-7-13(17(18)19)14(8-10)16-9-15-11-4-2-3-5-12(11)16/h2-9H,1H3. The number of benzene rings is 2. The fourth-order valence-electron chi connectivity index (χ4n) is 2.13. The Labute approximate surface area is 114 Å². The summed E-state index contributed by atoms with van der Waals surface area (Å²) in [7, 11) is 1.52. The average Bonchev–Trinajstić information content (AvgIpc) is 2.90. The zero-order chi connectivity index (χ0) is 14.1. The Bertz CT molecular complexity index is 795. The molecule has 0 bridgehead atoms. The molecule has 0 unspecified atom stereocenters. The third-order valence-electron chi connectivity index (χ3n) is 3.09. The molecule has 0 amide bonds. The molecular formula is C14H11N3O3. The SMILES string of the molecule is COc1ccc([N+](=O)[O-])c(-n2cnc3ccccc32)c1. The molecule has 6 nitrogen and oxygen atoms in total. The van der Waals surface area contributed by atoms with E-state index < -0.39 is 4.92 Å². The van der Waals surface area contributed by atoms with Crippen molar-refractivity contribution in [3.63, 3.8) is 0 Å². The van der Waals surface area contributed by atoms with Gasteiger partial charge in [0.05, 0.1) is 23.1 Å². The van der Waals surface area contributed by atoms with Crippen LogP contribution >= 0.6 is 0 Å². The largest absolute Gasteiger partial charge is 0.497 e. The number of rotatable bonds is 3. The van der Waals surface area contributed by atoms with E-state index in [-0.39, 0.29) is 5.69 Å². The Morgan fingerprint density at radius 2 is 2.05 bits per heavy atom. The number of nitro benzene ring substituents is 1. The van der Waals surface area contributed by atoms with Gasteiger partial charge in [-0.05, 0) is 18.2 Å². The summed E-state index contributed by atoms with van der Waals surface area (Å²) >= 11 is 0. The summed E-state index contributed by atoms with van der Waals surface area (Å²) in [6.45, 7) is 0. The van der Waals surface area contributed by atoms with Crippen LogP contribution in [-0.2, 0) is 0 Å². The summed E-state index contributed by atoms with van der Waals surface area (Å²) in [5, 5.41) is 11.2. The minimum absolute atomic E-state index is 0.00829. The van der Waals surface area contributed by atoms with E-state index in [2.05, 4.69) is 4.98 Å². The Balaban J connectivity index is 2.29. The molecule has 20 heavy (non-hydrogen) atoms. The molecule has 1 heterocycles. The van der Waals surface area contributed by atoms with Crippen LogP contribution in [0.15, 0.2) is 48.8 Å². The fraction of sp³-hybridized carbons (Fsp3) is 0.0714. The molecule has 0 spiro atoms. The minimum Gasteiger partial charge on any atom is -0.497 e. The van der Waals surface area contributed by atoms with Gasteiger partial charge >= 0.3 is 0 Å². The second-order valence-electron chi connectivity index (χ2n) is 4.22. The van der Waals surface area contributed by atoms with Gasteiger partial charge in [-0.1, -0.05) is 12.1 Å². The van der Waals surface area contributed by atoms with Crippen LogP contribution in [0, 0.1) is 10.1 Å². The third kappa shape index (κ3) is 1.87. The number of para-hydroxylation sites is 2. The summed E-state index contributed by atoms with van der Waals surface area (Å²) < 4.78 is 6.83. The lowest BCUT2D eigenvalue weighted by Gasteiger charge is -2.07. The summed E-state index contributed by atoms with van der Waals surface area (Å²) in [6.07, 6.45) is 1.58. The predicted octanol–water partition coefficient (Wildman–Crippen LogP) is 2.94. The zero-order valence-corrected chi connectivity index (χ0v) is 10.7. The van der Waals surface area contributed by atoms with E-state index in [1.807, 2.05) is 24.3 Å². The second-order valence-corrected chi connectivity index (χ2v) is 4.22. The molecule has 100 valence electrons. The lowest BCUT2D eigenvalue weighted by Crippen LogP contribution is -1.99. The zero-order valence-electron chi connectivity index (χ0n) is 10.7. The van der Waals surface area contributed by atoms with Gasteiger partial charge in [0.15, 0.2) is 0 Å². The molecule has 0 aliphatic rings. The lowest BCUT2D eigenvalue weighted by atomic mass is 10.2. The van der Waals surface area contributed by atoms with E-state index in [1.165, 1.54) is 13.2 Å². The third-order valence-corrected chi connectivity index (χ3v) is 3.09. The average molecular weight is 269 g/mol. The van der Waals surface area contributed by atoms with Crippen LogP contribution in [0.2, 0.25) is 0 Å². The van der Waals surface area contributed by atoms with Crippen LogP contribution in [0.3, 0.4) is 0 Å². The van der Waals surface area contributed by atoms with Gasteiger partial charge in [-0.25, -0.2) is 4.98 Å². The van der Waals surface area contributed by atoms with E-state index in [4.69, 9.17) is 4.74 Å². The van der Waals surface area contributed by atoms with Crippen molar-refractivity contribution in [3.05, 3.63) is 58.9 Å². The molecule has 3 rings (SSSR count). The van der Waals surface area contributed by atoms with Gasteiger partial charge in [-0.3, -0.25) is 14.7 Å². The molecule has 0 atom stereocenters. The normalized spacial score (nSPS) is 10.7. The summed E-state index contributed by atoms with van der Waals surface area (Å²) in [6, 6.07) is 12.1. The van der Waals surface area contributed by atoms with Crippen LogP contribution < -0.4 is 4.74 Å². The second kappa shape index (κ2) is 4.65. The first-order valence-corrected chi connectivity index (χ1v) is 5.95. The quantitative estimate of drug-likeness (QED) is 0.541. The van der Waals surface area contributed by atoms with Crippen LogP contribution in [0.1, 0.15) is 0 Å². The van der Waals surface area contributed by atoms with Crippen molar-refractivity contribution in [2.24, 2.45) is 0 Å². The maximum absolute atomic E-state index is 11.2. The highest BCUT2D eigenvalue weighted by Crippen LogP contribution is 2.29. The molecule has 0 radical (unpaired) electrons. The number of methoxy groups -OCH3 is 1. The molecule has 3 aromatic rings. The molecule has 2 aromatic carbocycles. The lowest BCUT2D eigenvalue weighted by molar-refractivity contribution is -0.384. The van der Waals surface area contributed by atoms with Crippen LogP contribution in [0.5, 0.6) is 5.75 Å². The van der Waals surface area contributed by atoms with Crippen LogP contribution in [0.4, 0.5) is 5.69 Å². The molecule has 0 saturated carbocycles. The number of fused-ring (bicyclic) bond motifs is 1. The van der Waals surface area contributed by atoms with Crippen molar-refractivity contribution >= 4 is 16.7 Å². The highest BCUT2D eigenvalue weighted by Gasteiger charge is 2.18. The smallest absolute Gasteiger partial charge is 0.293 e. The molecule has 0 N–H and O–H groups in total. The van der Waals surface area contributed by atoms with Gasteiger partial charge < -0.3 is 4.74 Å². The van der Waals surface area contributed by atoms with Gasteiger partial charge in [-0.15, -0.1) is 0 Å². The van der Waals surface area contributed by atoms with Gasteiger partial charge in [0, 0.05) is 12.1 Å². The van der Waals surface area contributed by atoms with E-state index in [0.717, 1.165) is 11.0 Å². The van der Waals surface area contributed by atoms with Crippen molar-refractivity contribution in [2.75, 3.05) is 7.11 Å². The molecule has 0 aliphatic carbocycles. The molecule has 1 aromatic heterocycles.